The number of rotatable bonds is 7. The molecule has 1 saturated heterocycles. The Hall–Kier alpha value is -3.04. The molecule has 1 heterocycles. The van der Waals surface area contributed by atoms with Gasteiger partial charge in [-0.15, -0.1) is 0 Å². The maximum atomic E-state index is 12.6. The highest BCUT2D eigenvalue weighted by Crippen LogP contribution is 2.32. The van der Waals surface area contributed by atoms with Crippen molar-refractivity contribution in [2.45, 2.75) is 6.42 Å². The molecule has 0 aromatic heterocycles. The monoisotopic (exact) mass is 444 g/mol. The highest BCUT2D eigenvalue weighted by molar-refractivity contribution is 8.26. The molecule has 0 atom stereocenters. The molecule has 3 N–H and O–H groups in total. The Balaban J connectivity index is 1.54. The number of benzene rings is 2. The Labute approximate surface area is 183 Å². The molecule has 0 bridgehead atoms. The first-order chi connectivity index (χ1) is 14.4. The van der Waals surface area contributed by atoms with Gasteiger partial charge in [0.15, 0.2) is 11.5 Å². The molecule has 0 saturated carbocycles. The molecule has 1 aliphatic heterocycles. The number of carbonyl (C=O) groups is 2. The first-order valence-corrected chi connectivity index (χ1v) is 10.3. The van der Waals surface area contributed by atoms with Crippen LogP contribution in [0.5, 0.6) is 17.2 Å². The summed E-state index contributed by atoms with van der Waals surface area (Å²) >= 11 is 6.42. The van der Waals surface area contributed by atoms with Crippen LogP contribution in [0.25, 0.3) is 6.08 Å². The lowest BCUT2D eigenvalue weighted by atomic mass is 10.1. The quantitative estimate of drug-likeness (QED) is 0.343. The smallest absolute Gasteiger partial charge is 0.266 e. The van der Waals surface area contributed by atoms with Gasteiger partial charge in [-0.05, 0) is 47.9 Å². The number of phenolic OH excluding ortho intramolecular Hbond substituents is 2. The molecule has 0 spiro atoms. The van der Waals surface area contributed by atoms with E-state index in [1.807, 2.05) is 12.1 Å². The Kier molecular flexibility index (Phi) is 6.96. The lowest BCUT2D eigenvalue weighted by molar-refractivity contribution is -0.128. The second kappa shape index (κ2) is 9.64. The molecular formula is C21H20N2O5S2. The Morgan fingerprint density at radius 2 is 1.93 bits per heavy atom. The predicted molar refractivity (Wildman–Crippen MR) is 119 cm³/mol. The third-order valence-corrected chi connectivity index (χ3v) is 5.74. The van der Waals surface area contributed by atoms with Gasteiger partial charge in [-0.1, -0.05) is 42.2 Å². The van der Waals surface area contributed by atoms with E-state index < -0.39 is 0 Å². The van der Waals surface area contributed by atoms with Gasteiger partial charge in [-0.3, -0.25) is 14.5 Å². The van der Waals surface area contributed by atoms with Gasteiger partial charge in [0.05, 0.1) is 12.0 Å². The summed E-state index contributed by atoms with van der Waals surface area (Å²) < 4.78 is 5.45. The molecule has 0 aliphatic carbocycles. The van der Waals surface area contributed by atoms with E-state index in [-0.39, 0.29) is 29.9 Å². The van der Waals surface area contributed by atoms with Crippen LogP contribution in [-0.2, 0) is 16.0 Å². The van der Waals surface area contributed by atoms with Gasteiger partial charge in [0.25, 0.3) is 5.91 Å². The second-order valence-electron chi connectivity index (χ2n) is 6.46. The number of ether oxygens (including phenoxy) is 1. The molecule has 2 aromatic rings. The lowest BCUT2D eigenvalue weighted by Crippen LogP contribution is -2.40. The zero-order valence-corrected chi connectivity index (χ0v) is 17.8. The second-order valence-corrected chi connectivity index (χ2v) is 8.14. The van der Waals surface area contributed by atoms with Crippen LogP contribution in [0, 0.1) is 0 Å². The summed E-state index contributed by atoms with van der Waals surface area (Å²) in [6.07, 6.45) is 2.20. The number of thioether (sulfide) groups is 1. The van der Waals surface area contributed by atoms with E-state index in [9.17, 15) is 19.8 Å². The summed E-state index contributed by atoms with van der Waals surface area (Å²) in [7, 11) is 1.58. The van der Waals surface area contributed by atoms with Crippen molar-refractivity contribution < 1.29 is 24.5 Å². The van der Waals surface area contributed by atoms with Crippen molar-refractivity contribution >= 4 is 46.2 Å². The van der Waals surface area contributed by atoms with Crippen LogP contribution in [0.3, 0.4) is 0 Å². The van der Waals surface area contributed by atoms with Gasteiger partial charge in [0, 0.05) is 6.54 Å². The van der Waals surface area contributed by atoms with E-state index in [2.05, 4.69) is 5.32 Å². The summed E-state index contributed by atoms with van der Waals surface area (Å²) in [5.74, 6) is -0.321. The first kappa shape index (κ1) is 21.7. The van der Waals surface area contributed by atoms with Crippen molar-refractivity contribution in [1.82, 2.24) is 10.2 Å². The van der Waals surface area contributed by atoms with Gasteiger partial charge < -0.3 is 20.3 Å². The number of phenols is 2. The molecule has 1 aliphatic rings. The molecule has 2 aromatic carbocycles. The highest BCUT2D eigenvalue weighted by atomic mass is 32.2. The maximum Gasteiger partial charge on any atom is 0.266 e. The number of methoxy groups -OCH3 is 1. The number of thiocarbonyl (C=S) groups is 1. The summed E-state index contributed by atoms with van der Waals surface area (Å²) in [6.45, 7) is 0.158. The van der Waals surface area contributed by atoms with Crippen molar-refractivity contribution in [3.8, 4) is 17.2 Å². The number of amides is 2. The normalized spacial score (nSPS) is 15.0. The number of nitrogens with zero attached hydrogens (tertiary/aromatic N) is 1. The van der Waals surface area contributed by atoms with Crippen molar-refractivity contribution in [3.05, 3.63) is 58.5 Å². The lowest BCUT2D eigenvalue weighted by Gasteiger charge is -2.14. The fourth-order valence-electron chi connectivity index (χ4n) is 2.76. The van der Waals surface area contributed by atoms with Crippen molar-refractivity contribution in [2.75, 3.05) is 20.2 Å². The molecule has 156 valence electrons. The van der Waals surface area contributed by atoms with E-state index in [0.717, 1.165) is 28.6 Å². The third-order valence-electron chi connectivity index (χ3n) is 4.36. The molecular weight excluding hydrogens is 424 g/mol. The van der Waals surface area contributed by atoms with E-state index in [1.54, 1.807) is 31.4 Å². The first-order valence-electron chi connectivity index (χ1n) is 9.04. The third kappa shape index (κ3) is 5.31. The number of hydrogen-bond donors (Lipinski definition) is 3. The van der Waals surface area contributed by atoms with Crippen molar-refractivity contribution in [1.29, 1.82) is 0 Å². The summed E-state index contributed by atoms with van der Waals surface area (Å²) in [5.41, 5.74) is 1.59. The Bertz CT molecular complexity index is 1000. The number of carbonyl (C=O) groups excluding carboxylic acids is 2. The molecule has 9 heteroatoms. The molecule has 2 amide bonds. The number of nitrogens with one attached hydrogen (secondary N) is 1. The molecule has 7 nitrogen and oxygen atoms in total. The molecule has 1 fully saturated rings. The van der Waals surface area contributed by atoms with E-state index in [0.29, 0.717) is 22.2 Å². The van der Waals surface area contributed by atoms with Crippen LogP contribution in [0.1, 0.15) is 11.1 Å². The minimum Gasteiger partial charge on any atom is -0.504 e. The average Bonchev–Trinajstić information content (AvgIpc) is 2.98. The SMILES string of the molecule is COc1ccc(/C=C2/SC(=S)N(CC(=O)NCCc3ccc(O)c(O)c3)C2=O)cc1. The molecule has 3 rings (SSSR count). The van der Waals surface area contributed by atoms with Gasteiger partial charge in [-0.25, -0.2) is 0 Å². The fraction of sp³-hybridized carbons (Fsp3) is 0.190. The van der Waals surface area contributed by atoms with Crippen LogP contribution in [0.2, 0.25) is 0 Å². The van der Waals surface area contributed by atoms with E-state index in [1.165, 1.54) is 17.0 Å². The fourth-order valence-corrected chi connectivity index (χ4v) is 4.01. The van der Waals surface area contributed by atoms with Crippen LogP contribution in [-0.4, -0.2) is 51.4 Å². The zero-order valence-electron chi connectivity index (χ0n) is 16.1. The van der Waals surface area contributed by atoms with Gasteiger partial charge >= 0.3 is 0 Å². The number of hydrogen-bond acceptors (Lipinski definition) is 7. The van der Waals surface area contributed by atoms with Crippen LogP contribution < -0.4 is 10.1 Å². The average molecular weight is 445 g/mol. The van der Waals surface area contributed by atoms with Crippen LogP contribution in [0.4, 0.5) is 0 Å². The predicted octanol–water partition coefficient (Wildman–Crippen LogP) is 2.67. The summed E-state index contributed by atoms with van der Waals surface area (Å²) in [4.78, 5) is 26.6. The van der Waals surface area contributed by atoms with Gasteiger partial charge in [0.1, 0.15) is 16.6 Å². The van der Waals surface area contributed by atoms with E-state index in [4.69, 9.17) is 17.0 Å². The summed E-state index contributed by atoms with van der Waals surface area (Å²) in [6, 6.07) is 11.8. The molecule has 0 radical (unpaired) electrons. The number of aromatic hydroxyl groups is 2. The largest absolute Gasteiger partial charge is 0.504 e. The van der Waals surface area contributed by atoms with Crippen LogP contribution in [0.15, 0.2) is 47.4 Å². The Morgan fingerprint density at radius 3 is 2.60 bits per heavy atom. The minimum atomic E-state index is -0.333. The standard InChI is InChI=1S/C21H20N2O5S2/c1-28-15-5-2-13(3-6-15)11-18-20(27)23(21(29)30-18)12-19(26)22-9-8-14-4-7-16(24)17(25)10-14/h2-7,10-11,24-25H,8-9,12H2,1H3,(H,22,26)/b18-11+. The van der Waals surface area contributed by atoms with Crippen molar-refractivity contribution in [3.63, 3.8) is 0 Å². The molecule has 0 unspecified atom stereocenters. The minimum absolute atomic E-state index is 0.161. The van der Waals surface area contributed by atoms with Gasteiger partial charge in [0.2, 0.25) is 5.91 Å². The zero-order chi connectivity index (χ0) is 21.7. The topological polar surface area (TPSA) is 99.1 Å². The Morgan fingerprint density at radius 1 is 1.20 bits per heavy atom. The summed E-state index contributed by atoms with van der Waals surface area (Å²) in [5, 5.41) is 21.6. The van der Waals surface area contributed by atoms with Crippen LogP contribution >= 0.6 is 24.0 Å². The van der Waals surface area contributed by atoms with E-state index >= 15 is 0 Å². The highest BCUT2D eigenvalue weighted by Gasteiger charge is 2.33. The van der Waals surface area contributed by atoms with Gasteiger partial charge in [-0.2, -0.15) is 0 Å². The van der Waals surface area contributed by atoms with Crippen molar-refractivity contribution in [2.24, 2.45) is 0 Å². The maximum absolute atomic E-state index is 12.6. The molecule has 30 heavy (non-hydrogen) atoms.